The first-order valence-electron chi connectivity index (χ1n) is 10.1. The van der Waals surface area contributed by atoms with Crippen molar-refractivity contribution in [1.82, 2.24) is 25.7 Å². The number of aromatic amines is 1. The van der Waals surface area contributed by atoms with Crippen molar-refractivity contribution < 1.29 is 14.0 Å². The molecule has 3 aromatic rings. The summed E-state index contributed by atoms with van der Waals surface area (Å²) in [6, 6.07) is 8.32. The molecule has 5 rings (SSSR count). The summed E-state index contributed by atoms with van der Waals surface area (Å²) in [5, 5.41) is 14.0. The number of H-pyrrole nitrogens is 1. The van der Waals surface area contributed by atoms with Crippen molar-refractivity contribution in [2.45, 2.75) is 19.4 Å². The van der Waals surface area contributed by atoms with Gasteiger partial charge in [-0.2, -0.15) is 5.10 Å². The van der Waals surface area contributed by atoms with Gasteiger partial charge in [0.25, 0.3) is 11.8 Å². The van der Waals surface area contributed by atoms with Crippen molar-refractivity contribution in [3.8, 4) is 0 Å². The third-order valence-corrected chi connectivity index (χ3v) is 6.15. The number of aromatic nitrogens is 2. The quantitative estimate of drug-likeness (QED) is 0.539. The van der Waals surface area contributed by atoms with Crippen LogP contribution in [0.3, 0.4) is 0 Å². The SMILES string of the molecule is Cc1c(C(Cc2n[nH]c3cc(F)ccc23)N2CCNCC2)ccc2c1C(=O)NC2=O.Cl. The number of rotatable bonds is 4. The summed E-state index contributed by atoms with van der Waals surface area (Å²) in [6.07, 6.45) is 0.612. The zero-order valence-corrected chi connectivity index (χ0v) is 17.8. The van der Waals surface area contributed by atoms with E-state index in [-0.39, 0.29) is 36.1 Å². The predicted octanol–water partition coefficient (Wildman–Crippen LogP) is 2.50. The molecule has 0 bridgehead atoms. The van der Waals surface area contributed by atoms with Gasteiger partial charge in [0, 0.05) is 44.0 Å². The van der Waals surface area contributed by atoms with Crippen LogP contribution in [0.2, 0.25) is 0 Å². The molecule has 9 heteroatoms. The molecule has 1 atom stereocenters. The van der Waals surface area contributed by atoms with Gasteiger partial charge >= 0.3 is 0 Å². The third kappa shape index (κ3) is 3.71. The molecule has 1 fully saturated rings. The molecule has 3 heterocycles. The molecule has 31 heavy (non-hydrogen) atoms. The number of amides is 2. The fourth-order valence-electron chi connectivity index (χ4n) is 4.62. The number of carbonyl (C=O) groups excluding carboxylic acids is 2. The Kier molecular flexibility index (Phi) is 5.79. The van der Waals surface area contributed by atoms with Crippen LogP contribution in [0.15, 0.2) is 30.3 Å². The minimum atomic E-state index is -0.344. The maximum atomic E-state index is 13.6. The van der Waals surface area contributed by atoms with Crippen LogP contribution < -0.4 is 10.6 Å². The highest BCUT2D eigenvalue weighted by Crippen LogP contribution is 2.33. The summed E-state index contributed by atoms with van der Waals surface area (Å²) in [5.41, 5.74) is 4.25. The van der Waals surface area contributed by atoms with E-state index < -0.39 is 0 Å². The minimum Gasteiger partial charge on any atom is -0.314 e. The van der Waals surface area contributed by atoms with Crippen molar-refractivity contribution in [2.75, 3.05) is 26.2 Å². The van der Waals surface area contributed by atoms with Crippen LogP contribution in [-0.2, 0) is 6.42 Å². The summed E-state index contributed by atoms with van der Waals surface area (Å²) in [6.45, 7) is 5.39. The molecule has 0 saturated carbocycles. The molecule has 1 saturated heterocycles. The van der Waals surface area contributed by atoms with Crippen LogP contribution in [-0.4, -0.2) is 53.1 Å². The summed E-state index contributed by atoms with van der Waals surface area (Å²) < 4.78 is 13.6. The second-order valence-corrected chi connectivity index (χ2v) is 7.85. The van der Waals surface area contributed by atoms with Crippen LogP contribution >= 0.6 is 12.4 Å². The third-order valence-electron chi connectivity index (χ3n) is 6.15. The van der Waals surface area contributed by atoms with Crippen LogP contribution in [0, 0.1) is 12.7 Å². The predicted molar refractivity (Wildman–Crippen MR) is 117 cm³/mol. The molecule has 3 N–H and O–H groups in total. The van der Waals surface area contributed by atoms with Crippen LogP contribution in [0.5, 0.6) is 0 Å². The summed E-state index contributed by atoms with van der Waals surface area (Å²) in [7, 11) is 0. The van der Waals surface area contributed by atoms with Gasteiger partial charge in [0.15, 0.2) is 0 Å². The Balaban J connectivity index is 0.00000231. The normalized spacial score (nSPS) is 17.4. The molecule has 2 aliphatic rings. The molecule has 162 valence electrons. The van der Waals surface area contributed by atoms with Crippen molar-refractivity contribution in [3.05, 3.63) is 64.1 Å². The molecule has 2 aromatic carbocycles. The molecule has 1 aromatic heterocycles. The van der Waals surface area contributed by atoms with E-state index in [1.807, 2.05) is 13.0 Å². The molecule has 1 unspecified atom stereocenters. The molecule has 0 spiro atoms. The van der Waals surface area contributed by atoms with Gasteiger partial charge in [-0.05, 0) is 42.3 Å². The van der Waals surface area contributed by atoms with E-state index in [4.69, 9.17) is 0 Å². The van der Waals surface area contributed by atoms with Gasteiger partial charge in [0.05, 0.1) is 22.3 Å². The number of fused-ring (bicyclic) bond motifs is 2. The molecule has 2 amide bonds. The van der Waals surface area contributed by atoms with E-state index in [2.05, 4.69) is 25.7 Å². The van der Waals surface area contributed by atoms with E-state index in [1.54, 1.807) is 12.1 Å². The Morgan fingerprint density at radius 3 is 2.68 bits per heavy atom. The number of hydrogen-bond donors (Lipinski definition) is 3. The fourth-order valence-corrected chi connectivity index (χ4v) is 4.62. The number of halogens is 2. The van der Waals surface area contributed by atoms with Crippen LogP contribution in [0.25, 0.3) is 10.9 Å². The van der Waals surface area contributed by atoms with Gasteiger partial charge in [-0.15, -0.1) is 12.4 Å². The number of nitrogens with zero attached hydrogens (tertiary/aromatic N) is 2. The van der Waals surface area contributed by atoms with Crippen molar-refractivity contribution >= 4 is 35.1 Å². The molecule has 7 nitrogen and oxygen atoms in total. The molecule has 0 aliphatic carbocycles. The maximum Gasteiger partial charge on any atom is 0.259 e. The smallest absolute Gasteiger partial charge is 0.259 e. The summed E-state index contributed by atoms with van der Waals surface area (Å²) in [5.74, 6) is -0.987. The van der Waals surface area contributed by atoms with Gasteiger partial charge in [0.2, 0.25) is 0 Å². The van der Waals surface area contributed by atoms with Gasteiger partial charge in [-0.3, -0.25) is 24.9 Å². The van der Waals surface area contributed by atoms with Gasteiger partial charge < -0.3 is 5.32 Å². The Morgan fingerprint density at radius 2 is 1.90 bits per heavy atom. The first-order chi connectivity index (χ1) is 14.5. The van der Waals surface area contributed by atoms with Crippen LogP contribution in [0.4, 0.5) is 4.39 Å². The fraction of sp³-hybridized carbons (Fsp3) is 0.318. The first kappa shape index (κ1) is 21.4. The van der Waals surface area contributed by atoms with Crippen molar-refractivity contribution in [2.24, 2.45) is 0 Å². The minimum absolute atomic E-state index is 0. The highest BCUT2D eigenvalue weighted by molar-refractivity contribution is 6.22. The average molecular weight is 444 g/mol. The monoisotopic (exact) mass is 443 g/mol. The Bertz CT molecular complexity index is 1170. The maximum absolute atomic E-state index is 13.6. The second-order valence-electron chi connectivity index (χ2n) is 7.85. The lowest BCUT2D eigenvalue weighted by molar-refractivity contribution is 0.0879. The molecule has 0 radical (unpaired) electrons. The molecular formula is C22H23ClFN5O2. The lowest BCUT2D eigenvalue weighted by atomic mass is 9.90. The zero-order chi connectivity index (χ0) is 20.8. The highest BCUT2D eigenvalue weighted by atomic mass is 35.5. The number of hydrogen-bond acceptors (Lipinski definition) is 5. The van der Waals surface area contributed by atoms with Gasteiger partial charge in [-0.1, -0.05) is 6.07 Å². The lowest BCUT2D eigenvalue weighted by Crippen LogP contribution is -2.45. The lowest BCUT2D eigenvalue weighted by Gasteiger charge is -2.36. The van der Waals surface area contributed by atoms with E-state index >= 15 is 0 Å². The first-order valence-corrected chi connectivity index (χ1v) is 10.1. The number of benzene rings is 2. The summed E-state index contributed by atoms with van der Waals surface area (Å²) >= 11 is 0. The Hall–Kier alpha value is -2.81. The largest absolute Gasteiger partial charge is 0.314 e. The van der Waals surface area contributed by atoms with Crippen molar-refractivity contribution in [1.29, 1.82) is 0 Å². The van der Waals surface area contributed by atoms with Gasteiger partial charge in [-0.25, -0.2) is 4.39 Å². The molecule has 2 aliphatic heterocycles. The topological polar surface area (TPSA) is 90.1 Å². The Labute approximate surface area is 184 Å². The highest BCUT2D eigenvalue weighted by Gasteiger charge is 2.33. The average Bonchev–Trinajstić information content (AvgIpc) is 3.27. The Morgan fingerprint density at radius 1 is 1.13 bits per heavy atom. The zero-order valence-electron chi connectivity index (χ0n) is 17.0. The number of piperazine rings is 1. The number of carbonyl (C=O) groups is 2. The van der Waals surface area contributed by atoms with Gasteiger partial charge in [0.1, 0.15) is 5.82 Å². The van der Waals surface area contributed by atoms with Crippen molar-refractivity contribution in [3.63, 3.8) is 0 Å². The summed E-state index contributed by atoms with van der Waals surface area (Å²) in [4.78, 5) is 26.8. The van der Waals surface area contributed by atoms with E-state index in [0.29, 0.717) is 23.1 Å². The van der Waals surface area contributed by atoms with E-state index in [9.17, 15) is 14.0 Å². The van der Waals surface area contributed by atoms with E-state index in [0.717, 1.165) is 48.4 Å². The standard InChI is InChI=1S/C22H22FN5O2.ClH/c1-12-14(4-5-16-20(12)22(30)25-21(16)29)19(28-8-6-24-7-9-28)11-18-15-3-2-13(23)10-17(15)26-27-18;/h2-5,10,19,24H,6-9,11H2,1H3,(H,26,27)(H,25,29,30);1H. The molecular weight excluding hydrogens is 421 g/mol. The second kappa shape index (κ2) is 8.37. The van der Waals surface area contributed by atoms with Crippen LogP contribution in [0.1, 0.15) is 43.6 Å². The number of nitrogens with one attached hydrogen (secondary N) is 3. The van der Waals surface area contributed by atoms with E-state index in [1.165, 1.54) is 12.1 Å². The number of imide groups is 1.